The van der Waals surface area contributed by atoms with E-state index in [1.54, 1.807) is 4.90 Å². The van der Waals surface area contributed by atoms with Crippen molar-refractivity contribution in [3.8, 4) is 0 Å². The number of carbonyl (C=O) groups is 2. The molecule has 25 heavy (non-hydrogen) atoms. The van der Waals surface area contributed by atoms with Crippen molar-refractivity contribution >= 4 is 24.2 Å². The highest BCUT2D eigenvalue weighted by Gasteiger charge is 2.39. The van der Waals surface area contributed by atoms with Crippen molar-refractivity contribution in [3.05, 3.63) is 35.9 Å². The average Bonchev–Trinajstić information content (AvgIpc) is 2.60. The third-order valence-electron chi connectivity index (χ3n) is 5.45. The number of likely N-dealkylation sites (tertiary alicyclic amines) is 1. The van der Waals surface area contributed by atoms with Gasteiger partial charge in [-0.2, -0.15) is 0 Å². The van der Waals surface area contributed by atoms with Gasteiger partial charge in [-0.15, -0.1) is 12.4 Å². The molecule has 4 atom stereocenters. The molecule has 1 aromatic rings. The summed E-state index contributed by atoms with van der Waals surface area (Å²) < 4.78 is 0. The highest BCUT2D eigenvalue weighted by atomic mass is 35.5. The Morgan fingerprint density at radius 3 is 2.64 bits per heavy atom. The topological polar surface area (TPSA) is 61.4 Å². The van der Waals surface area contributed by atoms with Crippen LogP contribution in [-0.4, -0.2) is 42.9 Å². The van der Waals surface area contributed by atoms with Gasteiger partial charge in [-0.3, -0.25) is 9.59 Å². The number of hydrogen-bond donors (Lipinski definition) is 2. The van der Waals surface area contributed by atoms with Crippen molar-refractivity contribution in [2.45, 2.75) is 38.3 Å². The lowest BCUT2D eigenvalue weighted by molar-refractivity contribution is -0.142. The number of amides is 2. The summed E-state index contributed by atoms with van der Waals surface area (Å²) in [5, 5.41) is 6.62. The zero-order valence-corrected chi connectivity index (χ0v) is 15.7. The number of halogens is 1. The second-order valence-corrected chi connectivity index (χ2v) is 7.09. The molecule has 2 heterocycles. The van der Waals surface area contributed by atoms with Crippen LogP contribution in [0.3, 0.4) is 0 Å². The van der Waals surface area contributed by atoms with E-state index in [1.807, 2.05) is 37.4 Å². The van der Waals surface area contributed by atoms with E-state index in [4.69, 9.17) is 0 Å². The van der Waals surface area contributed by atoms with Crippen molar-refractivity contribution in [1.82, 2.24) is 15.5 Å². The van der Waals surface area contributed by atoms with Crippen LogP contribution in [0.1, 0.15) is 37.8 Å². The summed E-state index contributed by atoms with van der Waals surface area (Å²) in [5.41, 5.74) is 1.03. The standard InChI is InChI=1S/C19H27N3O2.ClH/c1-13-12-20-11-10-16(13)21-19(24)15-8-9-17(23)22(2)18(15)14-6-4-3-5-7-14;/h3-7,13,15-16,18,20H,8-12H2,1-2H3,(H,21,24);1H. The van der Waals surface area contributed by atoms with Crippen LogP contribution in [0, 0.1) is 11.8 Å². The zero-order valence-electron chi connectivity index (χ0n) is 14.9. The van der Waals surface area contributed by atoms with Crippen LogP contribution in [0.2, 0.25) is 0 Å². The second kappa shape index (κ2) is 8.68. The van der Waals surface area contributed by atoms with Crippen LogP contribution < -0.4 is 10.6 Å². The number of nitrogens with zero attached hydrogens (tertiary/aromatic N) is 1. The second-order valence-electron chi connectivity index (χ2n) is 7.09. The molecule has 0 spiro atoms. The van der Waals surface area contributed by atoms with Crippen molar-refractivity contribution < 1.29 is 9.59 Å². The van der Waals surface area contributed by atoms with E-state index >= 15 is 0 Å². The molecule has 1 aromatic carbocycles. The molecule has 2 aliphatic heterocycles. The van der Waals surface area contributed by atoms with Crippen LogP contribution in [-0.2, 0) is 9.59 Å². The van der Waals surface area contributed by atoms with E-state index in [0.717, 1.165) is 25.1 Å². The lowest BCUT2D eigenvalue weighted by Gasteiger charge is -2.40. The van der Waals surface area contributed by atoms with Crippen molar-refractivity contribution in [1.29, 1.82) is 0 Å². The average molecular weight is 366 g/mol. The van der Waals surface area contributed by atoms with E-state index in [2.05, 4.69) is 17.6 Å². The molecule has 0 aliphatic carbocycles. The zero-order chi connectivity index (χ0) is 17.1. The molecule has 138 valence electrons. The van der Waals surface area contributed by atoms with Crippen molar-refractivity contribution in [2.75, 3.05) is 20.1 Å². The number of carbonyl (C=O) groups excluding carboxylic acids is 2. The van der Waals surface area contributed by atoms with Gasteiger partial charge in [-0.25, -0.2) is 0 Å². The molecule has 2 saturated heterocycles. The number of hydrogen-bond acceptors (Lipinski definition) is 3. The highest BCUT2D eigenvalue weighted by molar-refractivity contribution is 5.85. The van der Waals surface area contributed by atoms with Crippen LogP contribution >= 0.6 is 12.4 Å². The predicted octanol–water partition coefficient (Wildman–Crippen LogP) is 2.13. The lowest BCUT2D eigenvalue weighted by atomic mass is 9.83. The Balaban J connectivity index is 0.00000225. The summed E-state index contributed by atoms with van der Waals surface area (Å²) >= 11 is 0. The third-order valence-corrected chi connectivity index (χ3v) is 5.45. The smallest absolute Gasteiger partial charge is 0.225 e. The predicted molar refractivity (Wildman–Crippen MR) is 101 cm³/mol. The first-order valence-electron chi connectivity index (χ1n) is 8.89. The Morgan fingerprint density at radius 1 is 1.24 bits per heavy atom. The first kappa shape index (κ1) is 19.7. The van der Waals surface area contributed by atoms with E-state index in [-0.39, 0.29) is 42.2 Å². The fourth-order valence-corrected chi connectivity index (χ4v) is 3.94. The summed E-state index contributed by atoms with van der Waals surface area (Å²) in [6.45, 7) is 4.05. The minimum atomic E-state index is -0.183. The molecule has 0 aromatic heterocycles. The molecule has 0 saturated carbocycles. The molecule has 3 rings (SSSR count). The maximum Gasteiger partial charge on any atom is 0.225 e. The van der Waals surface area contributed by atoms with Gasteiger partial charge in [0.25, 0.3) is 0 Å². The fraction of sp³-hybridized carbons (Fsp3) is 0.579. The van der Waals surface area contributed by atoms with E-state index in [1.165, 1.54) is 0 Å². The Labute approximate surface area is 155 Å². The van der Waals surface area contributed by atoms with Gasteiger partial charge in [-0.1, -0.05) is 37.3 Å². The van der Waals surface area contributed by atoms with E-state index in [0.29, 0.717) is 18.8 Å². The van der Waals surface area contributed by atoms with Gasteiger partial charge in [0.2, 0.25) is 11.8 Å². The first-order valence-corrected chi connectivity index (χ1v) is 8.89. The third kappa shape index (κ3) is 4.33. The minimum Gasteiger partial charge on any atom is -0.353 e. The Morgan fingerprint density at radius 2 is 1.96 bits per heavy atom. The number of rotatable bonds is 3. The first-order chi connectivity index (χ1) is 11.6. The molecule has 2 N–H and O–H groups in total. The molecule has 0 bridgehead atoms. The SMILES string of the molecule is CC1CNCCC1NC(=O)C1CCC(=O)N(C)C1c1ccccc1.Cl. The minimum absolute atomic E-state index is 0. The molecule has 5 nitrogen and oxygen atoms in total. The maximum atomic E-state index is 13.0. The molecule has 2 fully saturated rings. The van der Waals surface area contributed by atoms with Crippen LogP contribution in [0.4, 0.5) is 0 Å². The Hall–Kier alpha value is -1.59. The number of piperidine rings is 2. The quantitative estimate of drug-likeness (QED) is 0.862. The van der Waals surface area contributed by atoms with Gasteiger partial charge >= 0.3 is 0 Å². The lowest BCUT2D eigenvalue weighted by Crippen LogP contribution is -2.52. The van der Waals surface area contributed by atoms with Gasteiger partial charge < -0.3 is 15.5 Å². The number of nitrogens with one attached hydrogen (secondary N) is 2. The van der Waals surface area contributed by atoms with E-state index < -0.39 is 0 Å². The molecule has 0 radical (unpaired) electrons. The fourth-order valence-electron chi connectivity index (χ4n) is 3.94. The highest BCUT2D eigenvalue weighted by Crippen LogP contribution is 2.36. The van der Waals surface area contributed by atoms with Gasteiger partial charge in [-0.05, 0) is 37.4 Å². The summed E-state index contributed by atoms with van der Waals surface area (Å²) in [6.07, 6.45) is 2.03. The van der Waals surface area contributed by atoms with Crippen molar-refractivity contribution in [2.24, 2.45) is 11.8 Å². The van der Waals surface area contributed by atoms with E-state index in [9.17, 15) is 9.59 Å². The number of benzene rings is 1. The molecule has 2 amide bonds. The van der Waals surface area contributed by atoms with Crippen LogP contribution in [0.5, 0.6) is 0 Å². The van der Waals surface area contributed by atoms with Gasteiger partial charge in [0.15, 0.2) is 0 Å². The molecular weight excluding hydrogens is 338 g/mol. The van der Waals surface area contributed by atoms with Crippen LogP contribution in [0.25, 0.3) is 0 Å². The largest absolute Gasteiger partial charge is 0.353 e. The van der Waals surface area contributed by atoms with Gasteiger partial charge in [0.1, 0.15) is 0 Å². The Bertz CT molecular complexity index is 596. The molecule has 2 aliphatic rings. The summed E-state index contributed by atoms with van der Waals surface area (Å²) in [6, 6.07) is 9.95. The normalized spacial score (nSPS) is 29.7. The maximum absolute atomic E-state index is 13.0. The van der Waals surface area contributed by atoms with Gasteiger partial charge in [0, 0.05) is 19.5 Å². The van der Waals surface area contributed by atoms with Crippen LogP contribution in [0.15, 0.2) is 30.3 Å². The molecule has 6 heteroatoms. The summed E-state index contributed by atoms with van der Waals surface area (Å²) in [7, 11) is 1.81. The van der Waals surface area contributed by atoms with Crippen molar-refractivity contribution in [3.63, 3.8) is 0 Å². The monoisotopic (exact) mass is 365 g/mol. The molecular formula is C19H28ClN3O2. The Kier molecular flexibility index (Phi) is 6.85. The van der Waals surface area contributed by atoms with Gasteiger partial charge in [0.05, 0.1) is 12.0 Å². The summed E-state index contributed by atoms with van der Waals surface area (Å²) in [4.78, 5) is 26.9. The molecule has 4 unspecified atom stereocenters. The summed E-state index contributed by atoms with van der Waals surface area (Å²) in [5.74, 6) is 0.447.